The largest absolute Gasteiger partial charge is 0.444 e. The quantitative estimate of drug-likeness (QED) is 0.924. The van der Waals surface area contributed by atoms with E-state index in [1.807, 2.05) is 32.9 Å². The molecule has 0 fully saturated rings. The van der Waals surface area contributed by atoms with Crippen LogP contribution in [-0.2, 0) is 11.2 Å². The number of aryl methyl sites for hydroxylation is 1. The molecule has 0 spiro atoms. The number of anilines is 1. The molecule has 1 amide bonds. The molecule has 0 radical (unpaired) electrons. The van der Waals surface area contributed by atoms with Crippen molar-refractivity contribution in [2.75, 3.05) is 18.8 Å². The number of carbonyl (C=O) groups excluding carboxylic acids is 1. The maximum Gasteiger partial charge on any atom is 0.410 e. The van der Waals surface area contributed by atoms with Crippen LogP contribution in [-0.4, -0.2) is 34.7 Å². The second-order valence-electron chi connectivity index (χ2n) is 6.89. The number of pyridine rings is 1. The second-order valence-corrected chi connectivity index (χ2v) is 6.89. The molecule has 0 unspecified atom stereocenters. The fourth-order valence-electron chi connectivity index (χ4n) is 2.64. The molecule has 0 atom stereocenters. The highest BCUT2D eigenvalue weighted by Gasteiger charge is 2.24. The number of rotatable bonds is 3. The first-order valence-corrected chi connectivity index (χ1v) is 8.23. The molecule has 2 N–H and O–H groups in total. The zero-order chi connectivity index (χ0) is 17.0. The van der Waals surface area contributed by atoms with E-state index in [1.165, 1.54) is 5.57 Å². The van der Waals surface area contributed by atoms with Crippen LogP contribution in [0.1, 0.15) is 51.8 Å². The number of nitrogens with zero attached hydrogens (tertiary/aromatic N) is 2. The lowest BCUT2D eigenvalue weighted by atomic mass is 9.96. The van der Waals surface area contributed by atoms with Crippen molar-refractivity contribution in [2.45, 2.75) is 52.6 Å². The SMILES string of the molecule is CCCc1nc(N)ccc1C1=CCN(C(=O)OC(C)(C)C)CC1. The third-order valence-corrected chi connectivity index (χ3v) is 3.69. The predicted octanol–water partition coefficient (Wildman–Crippen LogP) is 3.64. The van der Waals surface area contributed by atoms with Gasteiger partial charge in [0.25, 0.3) is 0 Å². The summed E-state index contributed by atoms with van der Waals surface area (Å²) < 4.78 is 5.43. The average molecular weight is 317 g/mol. The first-order valence-electron chi connectivity index (χ1n) is 8.23. The minimum Gasteiger partial charge on any atom is -0.444 e. The number of hydrogen-bond donors (Lipinski definition) is 1. The first kappa shape index (κ1) is 17.3. The van der Waals surface area contributed by atoms with E-state index in [9.17, 15) is 4.79 Å². The number of aromatic nitrogens is 1. The van der Waals surface area contributed by atoms with E-state index in [0.717, 1.165) is 30.5 Å². The molecule has 23 heavy (non-hydrogen) atoms. The van der Waals surface area contributed by atoms with E-state index in [0.29, 0.717) is 18.9 Å². The Labute approximate surface area is 138 Å². The van der Waals surface area contributed by atoms with E-state index >= 15 is 0 Å². The van der Waals surface area contributed by atoms with Gasteiger partial charge in [0.2, 0.25) is 0 Å². The molecule has 1 aromatic rings. The summed E-state index contributed by atoms with van der Waals surface area (Å²) in [4.78, 5) is 18.3. The van der Waals surface area contributed by atoms with E-state index < -0.39 is 5.60 Å². The average Bonchev–Trinajstić information content (AvgIpc) is 2.46. The molecule has 0 aromatic carbocycles. The Bertz CT molecular complexity index is 603. The Kier molecular flexibility index (Phi) is 5.29. The highest BCUT2D eigenvalue weighted by atomic mass is 16.6. The topological polar surface area (TPSA) is 68.5 Å². The summed E-state index contributed by atoms with van der Waals surface area (Å²) in [5, 5.41) is 0. The van der Waals surface area contributed by atoms with Gasteiger partial charge >= 0.3 is 6.09 Å². The molecule has 5 heteroatoms. The zero-order valence-electron chi connectivity index (χ0n) is 14.6. The lowest BCUT2D eigenvalue weighted by molar-refractivity contribution is 0.0270. The van der Waals surface area contributed by atoms with Crippen LogP contribution in [0.25, 0.3) is 5.57 Å². The molecule has 2 rings (SSSR count). The summed E-state index contributed by atoms with van der Waals surface area (Å²) in [6.45, 7) is 9.01. The Hall–Kier alpha value is -2.04. The standard InChI is InChI=1S/C18H27N3O2/c1-5-6-15-14(7-8-16(19)20-15)13-9-11-21(12-10-13)17(22)23-18(2,3)4/h7-9H,5-6,10-12H2,1-4H3,(H2,19,20). The van der Waals surface area contributed by atoms with Crippen molar-refractivity contribution in [1.82, 2.24) is 9.88 Å². The fourth-order valence-corrected chi connectivity index (χ4v) is 2.64. The zero-order valence-corrected chi connectivity index (χ0v) is 14.6. The molecule has 0 aliphatic carbocycles. The second kappa shape index (κ2) is 7.02. The molecule has 1 aliphatic rings. The number of hydrogen-bond acceptors (Lipinski definition) is 4. The van der Waals surface area contributed by atoms with Gasteiger partial charge in [0.05, 0.1) is 5.69 Å². The molecule has 0 saturated heterocycles. The highest BCUT2D eigenvalue weighted by molar-refractivity contribution is 5.73. The maximum absolute atomic E-state index is 12.1. The van der Waals surface area contributed by atoms with E-state index in [1.54, 1.807) is 4.90 Å². The monoisotopic (exact) mass is 317 g/mol. The van der Waals surface area contributed by atoms with Crippen LogP contribution >= 0.6 is 0 Å². The lowest BCUT2D eigenvalue weighted by Crippen LogP contribution is -2.39. The van der Waals surface area contributed by atoms with Gasteiger partial charge in [0, 0.05) is 13.1 Å². The number of carbonyl (C=O) groups is 1. The van der Waals surface area contributed by atoms with Gasteiger partial charge in [-0.25, -0.2) is 9.78 Å². The van der Waals surface area contributed by atoms with Crippen LogP contribution in [0.3, 0.4) is 0 Å². The van der Waals surface area contributed by atoms with Crippen LogP contribution in [0, 0.1) is 0 Å². The maximum atomic E-state index is 12.1. The molecule has 2 heterocycles. The Morgan fingerprint density at radius 3 is 2.70 bits per heavy atom. The van der Waals surface area contributed by atoms with Crippen molar-refractivity contribution in [3.05, 3.63) is 29.5 Å². The van der Waals surface area contributed by atoms with Gasteiger partial charge in [-0.05, 0) is 56.9 Å². The van der Waals surface area contributed by atoms with Crippen LogP contribution < -0.4 is 5.73 Å². The van der Waals surface area contributed by atoms with Gasteiger partial charge in [0.15, 0.2) is 0 Å². The van der Waals surface area contributed by atoms with E-state index in [4.69, 9.17) is 10.5 Å². The minimum absolute atomic E-state index is 0.253. The van der Waals surface area contributed by atoms with Gasteiger partial charge in [-0.3, -0.25) is 0 Å². The highest BCUT2D eigenvalue weighted by Crippen LogP contribution is 2.26. The molecule has 5 nitrogen and oxygen atoms in total. The van der Waals surface area contributed by atoms with Gasteiger partial charge in [-0.15, -0.1) is 0 Å². The summed E-state index contributed by atoms with van der Waals surface area (Å²) in [5.41, 5.74) is 8.79. The van der Waals surface area contributed by atoms with Crippen molar-refractivity contribution < 1.29 is 9.53 Å². The molecule has 1 aliphatic heterocycles. The molecule has 0 bridgehead atoms. The summed E-state index contributed by atoms with van der Waals surface area (Å²) in [5.74, 6) is 0.559. The van der Waals surface area contributed by atoms with Gasteiger partial charge in [0.1, 0.15) is 11.4 Å². The van der Waals surface area contributed by atoms with Crippen molar-refractivity contribution >= 4 is 17.5 Å². The normalized spacial score (nSPS) is 15.3. The lowest BCUT2D eigenvalue weighted by Gasteiger charge is -2.30. The summed E-state index contributed by atoms with van der Waals surface area (Å²) in [6.07, 6.45) is 4.59. The molecule has 0 saturated carbocycles. The van der Waals surface area contributed by atoms with Gasteiger partial charge in [-0.2, -0.15) is 0 Å². The minimum atomic E-state index is -0.462. The third kappa shape index (κ3) is 4.71. The fraction of sp³-hybridized carbons (Fsp3) is 0.556. The predicted molar refractivity (Wildman–Crippen MR) is 93.0 cm³/mol. The summed E-state index contributed by atoms with van der Waals surface area (Å²) in [6, 6.07) is 3.89. The Balaban J connectivity index is 2.12. The number of ether oxygens (including phenoxy) is 1. The molecular weight excluding hydrogens is 290 g/mol. The van der Waals surface area contributed by atoms with Gasteiger partial charge in [-0.1, -0.05) is 19.4 Å². The van der Waals surface area contributed by atoms with Crippen molar-refractivity contribution in [1.29, 1.82) is 0 Å². The number of amides is 1. The Morgan fingerprint density at radius 2 is 2.13 bits per heavy atom. The summed E-state index contributed by atoms with van der Waals surface area (Å²) in [7, 11) is 0. The molecular formula is C18H27N3O2. The van der Waals surface area contributed by atoms with Crippen LogP contribution in [0.2, 0.25) is 0 Å². The van der Waals surface area contributed by atoms with Crippen LogP contribution in [0.4, 0.5) is 10.6 Å². The van der Waals surface area contributed by atoms with Crippen LogP contribution in [0.5, 0.6) is 0 Å². The van der Waals surface area contributed by atoms with Gasteiger partial charge < -0.3 is 15.4 Å². The number of nitrogen functional groups attached to an aromatic ring is 1. The van der Waals surface area contributed by atoms with Crippen LogP contribution in [0.15, 0.2) is 18.2 Å². The summed E-state index contributed by atoms with van der Waals surface area (Å²) >= 11 is 0. The number of nitrogens with two attached hydrogens (primary N) is 1. The Morgan fingerprint density at radius 1 is 1.39 bits per heavy atom. The smallest absolute Gasteiger partial charge is 0.410 e. The van der Waals surface area contributed by atoms with E-state index in [2.05, 4.69) is 18.0 Å². The first-order chi connectivity index (χ1) is 10.8. The molecule has 1 aromatic heterocycles. The molecule has 126 valence electrons. The van der Waals surface area contributed by atoms with E-state index in [-0.39, 0.29) is 6.09 Å². The van der Waals surface area contributed by atoms with Crippen molar-refractivity contribution in [3.8, 4) is 0 Å². The third-order valence-electron chi connectivity index (χ3n) is 3.69. The van der Waals surface area contributed by atoms with Crippen molar-refractivity contribution in [3.63, 3.8) is 0 Å². The van der Waals surface area contributed by atoms with Crippen molar-refractivity contribution in [2.24, 2.45) is 0 Å².